The van der Waals surface area contributed by atoms with Crippen LogP contribution in [0.3, 0.4) is 0 Å². The number of carboxylic acids is 1. The highest BCUT2D eigenvalue weighted by atomic mass is 16.6. The fourth-order valence-electron chi connectivity index (χ4n) is 2.42. The molecule has 0 radical (unpaired) electrons. The molecule has 1 heterocycles. The van der Waals surface area contributed by atoms with E-state index in [-0.39, 0.29) is 23.1 Å². The molecule has 9 heteroatoms. The van der Waals surface area contributed by atoms with Crippen LogP contribution in [0.25, 0.3) is 10.9 Å². The molecule has 0 fully saturated rings. The second-order valence-corrected chi connectivity index (χ2v) is 5.49. The molecule has 0 aliphatic carbocycles. The third-order valence-corrected chi connectivity index (χ3v) is 3.64. The summed E-state index contributed by atoms with van der Waals surface area (Å²) >= 11 is 0. The average Bonchev–Trinajstić information content (AvgIpc) is 2.56. The average molecular weight is 347 g/mol. The Morgan fingerprint density at radius 3 is 2.64 bits per heavy atom. The number of nitro groups is 1. The van der Waals surface area contributed by atoms with Gasteiger partial charge in [0.2, 0.25) is 5.56 Å². The van der Waals surface area contributed by atoms with E-state index in [9.17, 15) is 24.5 Å². The van der Waals surface area contributed by atoms with Gasteiger partial charge in [-0.05, 0) is 18.9 Å². The molecule has 0 saturated heterocycles. The van der Waals surface area contributed by atoms with Crippen molar-refractivity contribution in [3.05, 3.63) is 50.3 Å². The normalized spacial score (nSPS) is 10.6. The monoisotopic (exact) mass is 347 g/mol. The number of aromatic nitrogens is 1. The second-order valence-electron chi connectivity index (χ2n) is 5.49. The number of aromatic amines is 1. The van der Waals surface area contributed by atoms with Crippen LogP contribution < -0.4 is 10.9 Å². The highest BCUT2D eigenvalue weighted by molar-refractivity contribution is 6.06. The van der Waals surface area contributed by atoms with Gasteiger partial charge in [0, 0.05) is 42.1 Å². The molecule has 1 amide bonds. The molecule has 0 aliphatic heterocycles. The number of aliphatic carboxylic acids is 1. The number of benzene rings is 1. The number of amides is 1. The predicted molar refractivity (Wildman–Crippen MR) is 89.7 cm³/mol. The summed E-state index contributed by atoms with van der Waals surface area (Å²) in [5.41, 5.74) is -0.257. The fourth-order valence-corrected chi connectivity index (χ4v) is 2.42. The van der Waals surface area contributed by atoms with E-state index in [4.69, 9.17) is 5.11 Å². The molecular formula is C16H17N3O6. The first-order chi connectivity index (χ1) is 11.9. The Bertz CT molecular complexity index is 874. The molecule has 0 bridgehead atoms. The lowest BCUT2D eigenvalue weighted by Crippen LogP contribution is -2.26. The van der Waals surface area contributed by atoms with Crippen LogP contribution >= 0.6 is 0 Å². The number of nitrogens with zero attached hydrogens (tertiary/aromatic N) is 1. The van der Waals surface area contributed by atoms with Gasteiger partial charge in [0.25, 0.3) is 11.6 Å². The lowest BCUT2D eigenvalue weighted by Gasteiger charge is -2.08. The Hall–Kier alpha value is -3.23. The van der Waals surface area contributed by atoms with Gasteiger partial charge in [0.1, 0.15) is 0 Å². The van der Waals surface area contributed by atoms with E-state index in [1.807, 2.05) is 0 Å². The summed E-state index contributed by atoms with van der Waals surface area (Å²) in [6.07, 6.45) is 1.84. The number of carboxylic acid groups (broad SMARTS) is 1. The maximum absolute atomic E-state index is 12.3. The van der Waals surface area contributed by atoms with Crippen molar-refractivity contribution < 1.29 is 19.6 Å². The van der Waals surface area contributed by atoms with Crippen molar-refractivity contribution in [2.24, 2.45) is 0 Å². The quantitative estimate of drug-likeness (QED) is 0.377. The minimum Gasteiger partial charge on any atom is -0.481 e. The van der Waals surface area contributed by atoms with Crippen molar-refractivity contribution in [2.45, 2.75) is 25.7 Å². The smallest absolute Gasteiger partial charge is 0.303 e. The molecule has 0 saturated carbocycles. The number of nitro benzene ring substituents is 1. The molecule has 0 aliphatic rings. The Kier molecular flexibility index (Phi) is 5.83. The van der Waals surface area contributed by atoms with Crippen LogP contribution in [0.1, 0.15) is 36.0 Å². The lowest BCUT2D eigenvalue weighted by atomic mass is 10.1. The Labute approximate surface area is 141 Å². The number of hydrogen-bond acceptors (Lipinski definition) is 5. The molecule has 25 heavy (non-hydrogen) atoms. The fraction of sp³-hybridized carbons (Fsp3) is 0.312. The SMILES string of the molecule is O=C(O)CCCCCNC(=O)c1cc(=O)[nH]c2ccc([N+](=O)[O-])cc12. The first-order valence-corrected chi connectivity index (χ1v) is 7.70. The van der Waals surface area contributed by atoms with Crippen LogP contribution in [0.15, 0.2) is 29.1 Å². The van der Waals surface area contributed by atoms with Gasteiger partial charge < -0.3 is 15.4 Å². The van der Waals surface area contributed by atoms with E-state index in [1.165, 1.54) is 18.2 Å². The Morgan fingerprint density at radius 1 is 1.20 bits per heavy atom. The first kappa shape index (κ1) is 18.1. The highest BCUT2D eigenvalue weighted by Gasteiger charge is 2.15. The third kappa shape index (κ3) is 4.87. The molecule has 132 valence electrons. The van der Waals surface area contributed by atoms with Crippen LogP contribution in [0.4, 0.5) is 5.69 Å². The van der Waals surface area contributed by atoms with Crippen molar-refractivity contribution >= 4 is 28.5 Å². The van der Waals surface area contributed by atoms with Crippen LogP contribution in [-0.2, 0) is 4.79 Å². The zero-order chi connectivity index (χ0) is 18.4. The summed E-state index contributed by atoms with van der Waals surface area (Å²) < 4.78 is 0. The Balaban J connectivity index is 2.11. The van der Waals surface area contributed by atoms with Crippen molar-refractivity contribution in [3.63, 3.8) is 0 Å². The van der Waals surface area contributed by atoms with E-state index in [0.29, 0.717) is 31.3 Å². The summed E-state index contributed by atoms with van der Waals surface area (Å²) in [6, 6.07) is 4.98. The van der Waals surface area contributed by atoms with E-state index in [1.54, 1.807) is 0 Å². The number of pyridine rings is 1. The van der Waals surface area contributed by atoms with Gasteiger partial charge in [0.05, 0.1) is 10.5 Å². The Morgan fingerprint density at radius 2 is 1.96 bits per heavy atom. The summed E-state index contributed by atoms with van der Waals surface area (Å²) in [6.45, 7) is 0.321. The zero-order valence-electron chi connectivity index (χ0n) is 13.3. The van der Waals surface area contributed by atoms with E-state index >= 15 is 0 Å². The van der Waals surface area contributed by atoms with Gasteiger partial charge in [-0.25, -0.2) is 0 Å². The number of non-ortho nitro benzene ring substituents is 1. The maximum atomic E-state index is 12.3. The van der Waals surface area contributed by atoms with E-state index in [0.717, 1.165) is 6.07 Å². The molecule has 2 rings (SSSR count). The number of fused-ring (bicyclic) bond motifs is 1. The maximum Gasteiger partial charge on any atom is 0.303 e. The lowest BCUT2D eigenvalue weighted by molar-refractivity contribution is -0.384. The van der Waals surface area contributed by atoms with E-state index < -0.39 is 22.4 Å². The van der Waals surface area contributed by atoms with Crippen LogP contribution in [0.5, 0.6) is 0 Å². The van der Waals surface area contributed by atoms with E-state index in [2.05, 4.69) is 10.3 Å². The number of unbranched alkanes of at least 4 members (excludes halogenated alkanes) is 2. The van der Waals surface area contributed by atoms with Gasteiger partial charge in [-0.15, -0.1) is 0 Å². The standard InChI is InChI=1S/C16H17N3O6/c20-14-9-12(16(23)17-7-3-1-2-4-15(21)22)11-8-10(19(24)25)5-6-13(11)18-14/h5-6,8-9H,1-4,7H2,(H,17,23)(H,18,20)(H,21,22). The highest BCUT2D eigenvalue weighted by Crippen LogP contribution is 2.21. The van der Waals surface area contributed by atoms with Crippen molar-refractivity contribution in [1.82, 2.24) is 10.3 Å². The summed E-state index contributed by atoms with van der Waals surface area (Å²) in [4.78, 5) is 47.3. The van der Waals surface area contributed by atoms with Crippen LogP contribution in [0.2, 0.25) is 0 Å². The molecule has 3 N–H and O–H groups in total. The minimum absolute atomic E-state index is 0.0629. The number of rotatable bonds is 8. The van der Waals surface area contributed by atoms with Gasteiger partial charge in [-0.3, -0.25) is 24.5 Å². The minimum atomic E-state index is -0.861. The summed E-state index contributed by atoms with van der Waals surface area (Å²) in [5, 5.41) is 22.4. The largest absolute Gasteiger partial charge is 0.481 e. The molecule has 0 atom stereocenters. The number of nitrogens with one attached hydrogen (secondary N) is 2. The third-order valence-electron chi connectivity index (χ3n) is 3.64. The zero-order valence-corrected chi connectivity index (χ0v) is 13.3. The number of H-pyrrole nitrogens is 1. The van der Waals surface area contributed by atoms with Gasteiger partial charge in [-0.1, -0.05) is 6.42 Å². The first-order valence-electron chi connectivity index (χ1n) is 7.70. The van der Waals surface area contributed by atoms with Crippen LogP contribution in [0, 0.1) is 10.1 Å². The summed E-state index contributed by atoms with van der Waals surface area (Å²) in [5.74, 6) is -1.37. The molecular weight excluding hydrogens is 330 g/mol. The molecule has 0 spiro atoms. The molecule has 9 nitrogen and oxygen atoms in total. The topological polar surface area (TPSA) is 142 Å². The predicted octanol–water partition coefficient (Wildman–Crippen LogP) is 1.81. The van der Waals surface area contributed by atoms with Crippen LogP contribution in [-0.4, -0.2) is 33.4 Å². The molecule has 2 aromatic rings. The molecule has 0 unspecified atom stereocenters. The van der Waals surface area contributed by atoms with Gasteiger partial charge in [-0.2, -0.15) is 0 Å². The van der Waals surface area contributed by atoms with Crippen molar-refractivity contribution in [1.29, 1.82) is 0 Å². The number of carbonyl (C=O) groups excluding carboxylic acids is 1. The van der Waals surface area contributed by atoms with Crippen molar-refractivity contribution in [3.8, 4) is 0 Å². The van der Waals surface area contributed by atoms with Crippen molar-refractivity contribution in [2.75, 3.05) is 6.54 Å². The van der Waals surface area contributed by atoms with Gasteiger partial charge >= 0.3 is 5.97 Å². The molecule has 1 aromatic heterocycles. The second kappa shape index (κ2) is 8.04. The molecule has 1 aromatic carbocycles. The van der Waals surface area contributed by atoms with Gasteiger partial charge in [0.15, 0.2) is 0 Å². The number of carbonyl (C=O) groups is 2. The number of hydrogen-bond donors (Lipinski definition) is 3. The summed E-state index contributed by atoms with van der Waals surface area (Å²) in [7, 11) is 0.